The molecule has 0 aromatic heterocycles. The summed E-state index contributed by atoms with van der Waals surface area (Å²) >= 11 is 0. The van der Waals surface area contributed by atoms with Crippen LogP contribution in [0.5, 0.6) is 5.75 Å². The van der Waals surface area contributed by atoms with Crippen molar-refractivity contribution in [2.75, 3.05) is 39.3 Å². The van der Waals surface area contributed by atoms with Crippen LogP contribution in [0.2, 0.25) is 0 Å². The van der Waals surface area contributed by atoms with E-state index < -0.39 is 11.9 Å². The lowest BCUT2D eigenvalue weighted by molar-refractivity contribution is -0.130. The molecule has 0 bridgehead atoms. The van der Waals surface area contributed by atoms with Crippen LogP contribution in [0.25, 0.3) is 0 Å². The number of carbonyl (C=O) groups excluding carboxylic acids is 1. The summed E-state index contributed by atoms with van der Waals surface area (Å²) in [5.41, 5.74) is 0.380. The molecule has 1 saturated heterocycles. The third-order valence-corrected chi connectivity index (χ3v) is 4.18. The highest BCUT2D eigenvalue weighted by atomic mass is 19.1. The third-order valence-electron chi connectivity index (χ3n) is 4.18. The van der Waals surface area contributed by atoms with Gasteiger partial charge in [0.05, 0.1) is 0 Å². The fourth-order valence-corrected chi connectivity index (χ4v) is 2.77. The second-order valence-electron chi connectivity index (χ2n) is 7.95. The van der Waals surface area contributed by atoms with Crippen molar-refractivity contribution in [1.29, 1.82) is 0 Å². The summed E-state index contributed by atoms with van der Waals surface area (Å²) in [6.07, 6.45) is -0.693. The molecule has 5 nitrogen and oxygen atoms in total. The summed E-state index contributed by atoms with van der Waals surface area (Å²) in [7, 11) is 0. The molecule has 1 unspecified atom stereocenters. The minimum Gasteiger partial charge on any atom is -0.491 e. The predicted octanol–water partition coefficient (Wildman–Crippen LogP) is 2.13. The number of amides is 1. The number of piperazine rings is 1. The quantitative estimate of drug-likeness (QED) is 0.800. The summed E-state index contributed by atoms with van der Waals surface area (Å²) < 4.78 is 19.4. The number of nitrogens with zero attached hydrogens (tertiary/aromatic N) is 2. The maximum atomic E-state index is 13.8. The lowest BCUT2D eigenvalue weighted by atomic mass is 9.97. The number of hydrogen-bond donors (Lipinski definition) is 1. The van der Waals surface area contributed by atoms with Crippen LogP contribution in [-0.4, -0.2) is 66.2 Å². The number of halogens is 1. The number of carbonyl (C=O) groups is 1. The first-order chi connectivity index (χ1) is 12.6. The monoisotopic (exact) mass is 376 g/mol. The summed E-state index contributed by atoms with van der Waals surface area (Å²) in [6, 6.07) is 4.34. The molecule has 1 aromatic rings. The lowest BCUT2D eigenvalue weighted by Gasteiger charge is -2.35. The molecule has 2 rings (SSSR count). The zero-order chi connectivity index (χ0) is 20.0. The normalized spacial score (nSPS) is 16.4. The zero-order valence-electron chi connectivity index (χ0n) is 16.6. The van der Waals surface area contributed by atoms with Gasteiger partial charge in [-0.05, 0) is 32.9 Å². The first kappa shape index (κ1) is 21.2. The Kier molecular flexibility index (Phi) is 7.23. The van der Waals surface area contributed by atoms with E-state index >= 15 is 0 Å². The molecule has 1 atom stereocenters. The van der Waals surface area contributed by atoms with Crippen LogP contribution in [0, 0.1) is 23.1 Å². The van der Waals surface area contributed by atoms with Crippen LogP contribution in [0.4, 0.5) is 4.39 Å². The minimum atomic E-state index is -0.693. The van der Waals surface area contributed by atoms with Crippen molar-refractivity contribution in [3.8, 4) is 17.6 Å². The van der Waals surface area contributed by atoms with E-state index in [2.05, 4.69) is 16.7 Å². The maximum absolute atomic E-state index is 13.8. The average molecular weight is 376 g/mol. The standard InChI is InChI=1S/C21H29FN2O3/c1-16(25)24-9-7-23(8-10-24)14-19(26)15-27-20-12-17(11-18(22)13-20)5-6-21(2,3)4/h11-13,19,26H,7-10,14-15H2,1-4H3. The second-order valence-corrected chi connectivity index (χ2v) is 7.95. The Labute approximate surface area is 161 Å². The summed E-state index contributed by atoms with van der Waals surface area (Å²) in [6.45, 7) is 10.9. The van der Waals surface area contributed by atoms with Crippen molar-refractivity contribution in [2.45, 2.75) is 33.8 Å². The number of aliphatic hydroxyl groups is 1. The van der Waals surface area contributed by atoms with Crippen LogP contribution < -0.4 is 4.74 Å². The van der Waals surface area contributed by atoms with E-state index in [9.17, 15) is 14.3 Å². The molecule has 1 heterocycles. The maximum Gasteiger partial charge on any atom is 0.219 e. The van der Waals surface area contributed by atoms with Gasteiger partial charge in [-0.1, -0.05) is 11.8 Å². The summed E-state index contributed by atoms with van der Waals surface area (Å²) in [5.74, 6) is 6.04. The molecule has 1 fully saturated rings. The van der Waals surface area contributed by atoms with Gasteiger partial charge in [0.25, 0.3) is 0 Å². The molecule has 1 aliphatic rings. The van der Waals surface area contributed by atoms with Crippen molar-refractivity contribution >= 4 is 5.91 Å². The van der Waals surface area contributed by atoms with Crippen LogP contribution in [-0.2, 0) is 4.79 Å². The van der Waals surface area contributed by atoms with E-state index in [1.54, 1.807) is 17.9 Å². The van der Waals surface area contributed by atoms with E-state index in [4.69, 9.17) is 4.74 Å². The Balaban J connectivity index is 1.86. The number of rotatable bonds is 5. The highest BCUT2D eigenvalue weighted by molar-refractivity contribution is 5.73. The van der Waals surface area contributed by atoms with E-state index in [0.29, 0.717) is 30.9 Å². The number of β-amino-alcohol motifs (C(OH)–C–C–N with tert-alkyl or cyclic N) is 1. The first-order valence-electron chi connectivity index (χ1n) is 9.25. The van der Waals surface area contributed by atoms with Gasteiger partial charge >= 0.3 is 0 Å². The lowest BCUT2D eigenvalue weighted by Crippen LogP contribution is -2.50. The SMILES string of the molecule is CC(=O)N1CCN(CC(O)COc2cc(F)cc(C#CC(C)(C)C)c2)CC1. The van der Waals surface area contributed by atoms with Crippen LogP contribution in [0.15, 0.2) is 18.2 Å². The summed E-state index contributed by atoms with van der Waals surface area (Å²) in [5, 5.41) is 10.2. The highest BCUT2D eigenvalue weighted by Gasteiger charge is 2.20. The molecule has 148 valence electrons. The van der Waals surface area contributed by atoms with Gasteiger partial charge in [-0.25, -0.2) is 4.39 Å². The molecule has 1 aliphatic heterocycles. The Morgan fingerprint density at radius 3 is 2.52 bits per heavy atom. The minimum absolute atomic E-state index is 0.0719. The number of hydrogen-bond acceptors (Lipinski definition) is 4. The largest absolute Gasteiger partial charge is 0.491 e. The van der Waals surface area contributed by atoms with Crippen molar-refractivity contribution in [3.05, 3.63) is 29.6 Å². The second kappa shape index (κ2) is 9.20. The van der Waals surface area contributed by atoms with Crippen molar-refractivity contribution in [3.63, 3.8) is 0 Å². The highest BCUT2D eigenvalue weighted by Crippen LogP contribution is 2.18. The molecule has 1 amide bonds. The van der Waals surface area contributed by atoms with Crippen molar-refractivity contribution < 1.29 is 19.0 Å². The molecule has 0 aliphatic carbocycles. The van der Waals surface area contributed by atoms with Gasteiger partial charge < -0.3 is 14.7 Å². The Hall–Kier alpha value is -2.10. The summed E-state index contributed by atoms with van der Waals surface area (Å²) in [4.78, 5) is 15.2. The molecular weight excluding hydrogens is 347 g/mol. The molecule has 0 spiro atoms. The average Bonchev–Trinajstić information content (AvgIpc) is 2.58. The van der Waals surface area contributed by atoms with Gasteiger partial charge in [-0.15, -0.1) is 0 Å². The van der Waals surface area contributed by atoms with Crippen LogP contribution in [0.1, 0.15) is 33.3 Å². The van der Waals surface area contributed by atoms with Gasteiger partial charge in [0, 0.05) is 56.7 Å². The fourth-order valence-electron chi connectivity index (χ4n) is 2.77. The van der Waals surface area contributed by atoms with Crippen molar-refractivity contribution in [2.24, 2.45) is 5.41 Å². The van der Waals surface area contributed by atoms with Gasteiger partial charge in [-0.2, -0.15) is 0 Å². The van der Waals surface area contributed by atoms with E-state index in [-0.39, 0.29) is 17.9 Å². The molecule has 0 radical (unpaired) electrons. The van der Waals surface area contributed by atoms with Crippen LogP contribution >= 0.6 is 0 Å². The van der Waals surface area contributed by atoms with Crippen molar-refractivity contribution in [1.82, 2.24) is 9.80 Å². The number of ether oxygens (including phenoxy) is 1. The molecule has 27 heavy (non-hydrogen) atoms. The van der Waals surface area contributed by atoms with Crippen LogP contribution in [0.3, 0.4) is 0 Å². The Morgan fingerprint density at radius 2 is 1.93 bits per heavy atom. The molecular formula is C21H29FN2O3. The van der Waals surface area contributed by atoms with E-state index in [1.807, 2.05) is 20.8 Å². The smallest absolute Gasteiger partial charge is 0.219 e. The predicted molar refractivity (Wildman–Crippen MR) is 103 cm³/mol. The van der Waals surface area contributed by atoms with Gasteiger partial charge in [0.2, 0.25) is 5.91 Å². The van der Waals surface area contributed by atoms with Gasteiger partial charge in [-0.3, -0.25) is 9.69 Å². The van der Waals surface area contributed by atoms with Gasteiger partial charge in [0.15, 0.2) is 0 Å². The molecule has 1 N–H and O–H groups in total. The Morgan fingerprint density at radius 1 is 1.26 bits per heavy atom. The molecule has 1 aromatic carbocycles. The van der Waals surface area contributed by atoms with E-state index in [1.165, 1.54) is 12.1 Å². The first-order valence-corrected chi connectivity index (χ1v) is 9.25. The van der Waals surface area contributed by atoms with E-state index in [0.717, 1.165) is 13.1 Å². The van der Waals surface area contributed by atoms with Gasteiger partial charge in [0.1, 0.15) is 24.3 Å². The number of aliphatic hydroxyl groups excluding tert-OH is 1. The Bertz CT molecular complexity index is 710. The number of benzene rings is 1. The molecule has 0 saturated carbocycles. The topological polar surface area (TPSA) is 53.0 Å². The third kappa shape index (κ3) is 7.58. The fraction of sp³-hybridized carbons (Fsp3) is 0.571. The zero-order valence-corrected chi connectivity index (χ0v) is 16.6. The molecule has 6 heteroatoms.